The molecular formula is C15H21FO. The zero-order valence-corrected chi connectivity index (χ0v) is 10.9. The lowest BCUT2D eigenvalue weighted by atomic mass is 9.94. The molecule has 1 aromatic rings. The van der Waals surface area contributed by atoms with Crippen molar-refractivity contribution < 1.29 is 9.13 Å². The van der Waals surface area contributed by atoms with Gasteiger partial charge in [0.1, 0.15) is 5.67 Å². The summed E-state index contributed by atoms with van der Waals surface area (Å²) in [7, 11) is 0. The smallest absolute Gasteiger partial charge is 0.130 e. The fraction of sp³-hybridized carbons (Fsp3) is 0.600. The van der Waals surface area contributed by atoms with Crippen LogP contribution in [0.2, 0.25) is 0 Å². The van der Waals surface area contributed by atoms with Gasteiger partial charge in [-0.15, -0.1) is 0 Å². The van der Waals surface area contributed by atoms with Crippen LogP contribution in [0.15, 0.2) is 24.3 Å². The first-order valence-electron chi connectivity index (χ1n) is 6.41. The monoisotopic (exact) mass is 236 g/mol. The molecule has 2 heteroatoms. The van der Waals surface area contributed by atoms with Crippen LogP contribution in [-0.2, 0) is 10.4 Å². The van der Waals surface area contributed by atoms with Crippen LogP contribution < -0.4 is 0 Å². The summed E-state index contributed by atoms with van der Waals surface area (Å²) in [5, 5.41) is 0. The third kappa shape index (κ3) is 3.06. The Morgan fingerprint density at radius 2 is 1.82 bits per heavy atom. The lowest BCUT2D eigenvalue weighted by Crippen LogP contribution is -2.19. The molecule has 0 aromatic heterocycles. The minimum Gasteiger partial charge on any atom is -0.371 e. The molecule has 2 unspecified atom stereocenters. The van der Waals surface area contributed by atoms with Crippen molar-refractivity contribution >= 4 is 0 Å². The highest BCUT2D eigenvalue weighted by Crippen LogP contribution is 2.32. The molecule has 17 heavy (non-hydrogen) atoms. The van der Waals surface area contributed by atoms with Crippen molar-refractivity contribution in [1.29, 1.82) is 0 Å². The Morgan fingerprint density at radius 1 is 1.18 bits per heavy atom. The SMILES string of the molecule is CC1CCCC(c2ccc(C(C)(C)F)cc2)O1. The van der Waals surface area contributed by atoms with Crippen molar-refractivity contribution in [3.8, 4) is 0 Å². The van der Waals surface area contributed by atoms with Gasteiger partial charge in [-0.05, 0) is 51.2 Å². The Balaban J connectivity index is 2.12. The molecule has 1 aliphatic rings. The highest BCUT2D eigenvalue weighted by Gasteiger charge is 2.22. The topological polar surface area (TPSA) is 9.23 Å². The Morgan fingerprint density at radius 3 is 2.35 bits per heavy atom. The average molecular weight is 236 g/mol. The first-order valence-corrected chi connectivity index (χ1v) is 6.41. The van der Waals surface area contributed by atoms with Crippen molar-refractivity contribution in [2.75, 3.05) is 0 Å². The van der Waals surface area contributed by atoms with E-state index >= 15 is 0 Å². The van der Waals surface area contributed by atoms with Gasteiger partial charge >= 0.3 is 0 Å². The van der Waals surface area contributed by atoms with Gasteiger partial charge in [0, 0.05) is 0 Å². The van der Waals surface area contributed by atoms with E-state index in [9.17, 15) is 4.39 Å². The molecule has 0 amide bonds. The van der Waals surface area contributed by atoms with Gasteiger partial charge < -0.3 is 4.74 Å². The summed E-state index contributed by atoms with van der Waals surface area (Å²) in [4.78, 5) is 0. The molecule has 2 rings (SSSR count). The Kier molecular flexibility index (Phi) is 3.53. The van der Waals surface area contributed by atoms with E-state index < -0.39 is 5.67 Å². The number of halogens is 1. The summed E-state index contributed by atoms with van der Waals surface area (Å²) >= 11 is 0. The molecule has 1 fully saturated rings. The van der Waals surface area contributed by atoms with Crippen LogP contribution in [0, 0.1) is 0 Å². The van der Waals surface area contributed by atoms with Crippen LogP contribution in [0.1, 0.15) is 57.3 Å². The van der Waals surface area contributed by atoms with E-state index in [0.717, 1.165) is 18.4 Å². The van der Waals surface area contributed by atoms with Crippen LogP contribution in [0.4, 0.5) is 4.39 Å². The number of rotatable bonds is 2. The van der Waals surface area contributed by atoms with Gasteiger partial charge in [-0.2, -0.15) is 0 Å². The van der Waals surface area contributed by atoms with E-state index in [4.69, 9.17) is 4.74 Å². The van der Waals surface area contributed by atoms with Crippen molar-refractivity contribution in [1.82, 2.24) is 0 Å². The van der Waals surface area contributed by atoms with Gasteiger partial charge in [0.05, 0.1) is 12.2 Å². The standard InChI is InChI=1S/C15H21FO/c1-11-5-4-6-14(17-11)12-7-9-13(10-8-12)15(2,3)16/h7-11,14H,4-6H2,1-3H3. The zero-order chi connectivity index (χ0) is 12.5. The third-order valence-corrected chi connectivity index (χ3v) is 3.44. The molecule has 0 N–H and O–H groups in total. The van der Waals surface area contributed by atoms with E-state index in [1.807, 2.05) is 24.3 Å². The Hall–Kier alpha value is -0.890. The molecule has 1 aliphatic heterocycles. The van der Waals surface area contributed by atoms with Crippen LogP contribution in [0.5, 0.6) is 0 Å². The summed E-state index contributed by atoms with van der Waals surface area (Å²) < 4.78 is 19.6. The van der Waals surface area contributed by atoms with Crippen LogP contribution in [-0.4, -0.2) is 6.10 Å². The van der Waals surface area contributed by atoms with E-state index in [1.54, 1.807) is 13.8 Å². The second kappa shape index (κ2) is 4.77. The van der Waals surface area contributed by atoms with Crippen LogP contribution in [0.25, 0.3) is 0 Å². The largest absolute Gasteiger partial charge is 0.371 e. The second-order valence-electron chi connectivity index (χ2n) is 5.46. The molecule has 0 aliphatic carbocycles. The fourth-order valence-electron chi connectivity index (χ4n) is 2.35. The van der Waals surface area contributed by atoms with Gasteiger partial charge in [0.15, 0.2) is 0 Å². The number of benzene rings is 1. The number of hydrogen-bond acceptors (Lipinski definition) is 1. The van der Waals surface area contributed by atoms with Gasteiger partial charge in [-0.1, -0.05) is 24.3 Å². The van der Waals surface area contributed by atoms with E-state index in [0.29, 0.717) is 6.10 Å². The fourth-order valence-corrected chi connectivity index (χ4v) is 2.35. The number of hydrogen-bond donors (Lipinski definition) is 0. The quantitative estimate of drug-likeness (QED) is 0.733. The first-order chi connectivity index (χ1) is 7.97. The minimum absolute atomic E-state index is 0.190. The first kappa shape index (κ1) is 12.6. The molecule has 0 saturated carbocycles. The molecule has 0 bridgehead atoms. The number of alkyl halides is 1. The molecule has 1 nitrogen and oxygen atoms in total. The highest BCUT2D eigenvalue weighted by atomic mass is 19.1. The lowest BCUT2D eigenvalue weighted by molar-refractivity contribution is -0.0414. The van der Waals surface area contributed by atoms with Crippen LogP contribution >= 0.6 is 0 Å². The molecule has 0 spiro atoms. The average Bonchev–Trinajstić information content (AvgIpc) is 2.28. The molecular weight excluding hydrogens is 215 g/mol. The zero-order valence-electron chi connectivity index (χ0n) is 10.9. The maximum atomic E-state index is 13.7. The lowest BCUT2D eigenvalue weighted by Gasteiger charge is -2.28. The van der Waals surface area contributed by atoms with Gasteiger partial charge in [0.25, 0.3) is 0 Å². The molecule has 94 valence electrons. The van der Waals surface area contributed by atoms with Crippen molar-refractivity contribution in [2.45, 2.75) is 57.9 Å². The molecule has 2 atom stereocenters. The molecule has 0 radical (unpaired) electrons. The van der Waals surface area contributed by atoms with Crippen molar-refractivity contribution in [3.63, 3.8) is 0 Å². The van der Waals surface area contributed by atoms with E-state index in [2.05, 4.69) is 6.92 Å². The molecule has 1 saturated heterocycles. The van der Waals surface area contributed by atoms with Crippen molar-refractivity contribution in [3.05, 3.63) is 35.4 Å². The maximum Gasteiger partial charge on any atom is 0.130 e. The van der Waals surface area contributed by atoms with Crippen molar-refractivity contribution in [2.24, 2.45) is 0 Å². The summed E-state index contributed by atoms with van der Waals surface area (Å²) in [6.45, 7) is 5.29. The normalized spacial score (nSPS) is 25.9. The number of ether oxygens (including phenoxy) is 1. The van der Waals surface area contributed by atoms with E-state index in [-0.39, 0.29) is 6.10 Å². The van der Waals surface area contributed by atoms with Crippen LogP contribution in [0.3, 0.4) is 0 Å². The Bertz CT molecular complexity index is 364. The molecule has 1 aromatic carbocycles. The van der Waals surface area contributed by atoms with Gasteiger partial charge in [-0.25, -0.2) is 4.39 Å². The second-order valence-corrected chi connectivity index (χ2v) is 5.46. The summed E-state index contributed by atoms with van der Waals surface area (Å²) in [6, 6.07) is 7.74. The Labute approximate surface area is 103 Å². The summed E-state index contributed by atoms with van der Waals surface area (Å²) in [5.41, 5.74) is 0.633. The summed E-state index contributed by atoms with van der Waals surface area (Å²) in [6.07, 6.45) is 3.96. The minimum atomic E-state index is -1.26. The van der Waals surface area contributed by atoms with Gasteiger partial charge in [-0.3, -0.25) is 0 Å². The third-order valence-electron chi connectivity index (χ3n) is 3.44. The predicted molar refractivity (Wildman–Crippen MR) is 67.7 cm³/mol. The van der Waals surface area contributed by atoms with E-state index in [1.165, 1.54) is 12.0 Å². The van der Waals surface area contributed by atoms with Gasteiger partial charge in [0.2, 0.25) is 0 Å². The maximum absolute atomic E-state index is 13.7. The highest BCUT2D eigenvalue weighted by molar-refractivity contribution is 5.27. The summed E-state index contributed by atoms with van der Waals surface area (Å²) in [5.74, 6) is 0. The predicted octanol–water partition coefficient (Wildman–Crippen LogP) is 4.52. The molecule has 1 heterocycles.